The van der Waals surface area contributed by atoms with E-state index >= 15 is 0 Å². The Labute approximate surface area is 207 Å². The van der Waals surface area contributed by atoms with Gasteiger partial charge in [0.2, 0.25) is 0 Å². The molecule has 1 aromatic heterocycles. The van der Waals surface area contributed by atoms with E-state index in [0.717, 1.165) is 19.3 Å². The molecule has 0 radical (unpaired) electrons. The van der Waals surface area contributed by atoms with Crippen molar-refractivity contribution in [1.82, 2.24) is 0 Å². The van der Waals surface area contributed by atoms with E-state index in [9.17, 15) is 0 Å². The molecule has 2 aromatic rings. The second-order valence-electron chi connectivity index (χ2n) is 10.8. The molecular weight excluding hydrogens is 438 g/mol. The summed E-state index contributed by atoms with van der Waals surface area (Å²) in [5.74, 6) is 0. The Balaban J connectivity index is 1.73. The highest BCUT2D eigenvalue weighted by Gasteiger charge is 2.58. The third-order valence-electron chi connectivity index (χ3n) is 7.99. The van der Waals surface area contributed by atoms with Crippen molar-refractivity contribution in [3.05, 3.63) is 70.2 Å². The van der Waals surface area contributed by atoms with Crippen LogP contribution in [0.25, 0.3) is 10.1 Å². The zero-order valence-electron chi connectivity index (χ0n) is 21.0. The van der Waals surface area contributed by atoms with Crippen LogP contribution in [0.2, 0.25) is 0 Å². The number of rotatable bonds is 7. The van der Waals surface area contributed by atoms with Crippen LogP contribution < -0.4 is 0 Å². The first kappa shape index (κ1) is 23.5. The topological polar surface area (TPSA) is 42.2 Å². The average molecular weight is 474 g/mol. The predicted octanol–water partition coefficient (Wildman–Crippen LogP) is 7.42. The third kappa shape index (κ3) is 3.36. The van der Waals surface area contributed by atoms with E-state index in [4.69, 9.17) is 14.7 Å². The number of hydrogen-bond donors (Lipinski definition) is 0. The second-order valence-corrected chi connectivity index (χ2v) is 11.8. The zero-order chi connectivity index (χ0) is 24.2. The zero-order valence-corrected chi connectivity index (χ0v) is 21.8. The van der Waals surface area contributed by atoms with Crippen LogP contribution in [0, 0.1) is 16.7 Å². The molecule has 34 heavy (non-hydrogen) atoms. The monoisotopic (exact) mass is 473 g/mol. The van der Waals surface area contributed by atoms with Crippen LogP contribution in [-0.4, -0.2) is 24.4 Å². The summed E-state index contributed by atoms with van der Waals surface area (Å²) in [5.41, 5.74) is 2.74. The quantitative estimate of drug-likeness (QED) is 0.310. The molecule has 1 heterocycles. The molecule has 3 nitrogen and oxygen atoms in total. The normalized spacial score (nSPS) is 33.6. The first-order chi connectivity index (χ1) is 16.2. The van der Waals surface area contributed by atoms with Gasteiger partial charge in [0.1, 0.15) is 11.2 Å². The summed E-state index contributed by atoms with van der Waals surface area (Å²) in [6, 6.07) is 11.1. The Morgan fingerprint density at radius 3 is 2.38 bits per heavy atom. The molecule has 0 amide bonds. The molecule has 5 rings (SSSR count). The van der Waals surface area contributed by atoms with Gasteiger partial charge in [0.05, 0.1) is 6.07 Å². The smallest absolute Gasteiger partial charge is 0.108 e. The Kier molecular flexibility index (Phi) is 5.67. The molecule has 3 aliphatic carbocycles. The molecule has 0 bridgehead atoms. The Hall–Kier alpha value is -2.19. The highest BCUT2D eigenvalue weighted by atomic mass is 32.1. The summed E-state index contributed by atoms with van der Waals surface area (Å²) < 4.78 is 14.6. The number of benzene rings is 1. The molecule has 0 N–H and O–H groups in total. The van der Waals surface area contributed by atoms with E-state index in [1.165, 1.54) is 31.7 Å². The number of fused-ring (bicyclic) bond motifs is 4. The van der Waals surface area contributed by atoms with E-state index in [1.54, 1.807) is 0 Å². The van der Waals surface area contributed by atoms with Crippen molar-refractivity contribution in [1.29, 1.82) is 5.26 Å². The van der Waals surface area contributed by atoms with Crippen LogP contribution in [0.5, 0.6) is 0 Å². The minimum absolute atomic E-state index is 0.113. The first-order valence-electron chi connectivity index (χ1n) is 12.5. The number of allylic oxidation sites excluding steroid dienone is 3. The van der Waals surface area contributed by atoms with Crippen LogP contribution >= 0.6 is 11.3 Å². The lowest BCUT2D eigenvalue weighted by molar-refractivity contribution is -0.0332. The molecule has 0 saturated carbocycles. The van der Waals surface area contributed by atoms with Crippen LogP contribution in [0.15, 0.2) is 59.7 Å². The number of unbranched alkanes of at least 4 members (excludes halogenated alkanes) is 1. The summed E-state index contributed by atoms with van der Waals surface area (Å²) in [5, 5.41) is 10.4. The van der Waals surface area contributed by atoms with Crippen LogP contribution in [-0.2, 0) is 21.3 Å². The minimum atomic E-state index is -0.576. The van der Waals surface area contributed by atoms with E-state index in [0.29, 0.717) is 19.6 Å². The molecule has 3 aliphatic rings. The van der Waals surface area contributed by atoms with Crippen molar-refractivity contribution in [3.63, 3.8) is 0 Å². The number of hydrogen-bond acceptors (Lipinski definition) is 4. The third-order valence-corrected chi connectivity index (χ3v) is 9.44. The summed E-state index contributed by atoms with van der Waals surface area (Å²) in [4.78, 5) is 1.45. The van der Waals surface area contributed by atoms with Gasteiger partial charge in [-0.3, -0.25) is 0 Å². The SMILES string of the molecule is CCCOC1(C)C=CC2(C)Cc3c(sc4ccccc34)C3(C)C=CC(C)(OCCCC#N)C1=C23. The predicted molar refractivity (Wildman–Crippen MR) is 140 cm³/mol. The fraction of sp³-hybridized carbons (Fsp3) is 0.500. The maximum Gasteiger partial charge on any atom is 0.108 e. The maximum absolute atomic E-state index is 9.01. The molecule has 1 aromatic carbocycles. The van der Waals surface area contributed by atoms with E-state index in [2.05, 4.69) is 89.3 Å². The summed E-state index contributed by atoms with van der Waals surface area (Å²) >= 11 is 1.94. The molecule has 4 atom stereocenters. The fourth-order valence-electron chi connectivity index (χ4n) is 6.52. The van der Waals surface area contributed by atoms with Gasteiger partial charge in [-0.1, -0.05) is 56.4 Å². The highest BCUT2D eigenvalue weighted by Crippen LogP contribution is 2.63. The van der Waals surface area contributed by atoms with Crippen molar-refractivity contribution in [2.24, 2.45) is 5.41 Å². The number of nitriles is 1. The summed E-state index contributed by atoms with van der Waals surface area (Å²) in [6.45, 7) is 12.6. The Morgan fingerprint density at radius 1 is 0.941 bits per heavy atom. The average Bonchev–Trinajstić information content (AvgIpc) is 3.19. The lowest BCUT2D eigenvalue weighted by Crippen LogP contribution is -2.54. The molecule has 0 fully saturated rings. The maximum atomic E-state index is 9.01. The van der Waals surface area contributed by atoms with Crippen molar-refractivity contribution >= 4 is 21.4 Å². The van der Waals surface area contributed by atoms with E-state index in [-0.39, 0.29) is 10.8 Å². The summed E-state index contributed by atoms with van der Waals surface area (Å²) in [7, 11) is 0. The molecule has 0 saturated heterocycles. The van der Waals surface area contributed by atoms with Gasteiger partial charge in [0.15, 0.2) is 0 Å². The van der Waals surface area contributed by atoms with Gasteiger partial charge < -0.3 is 9.47 Å². The number of nitrogens with zero attached hydrogens (tertiary/aromatic N) is 1. The van der Waals surface area contributed by atoms with Gasteiger partial charge >= 0.3 is 0 Å². The minimum Gasteiger partial charge on any atom is -0.367 e. The van der Waals surface area contributed by atoms with Crippen LogP contribution in [0.4, 0.5) is 0 Å². The van der Waals surface area contributed by atoms with Gasteiger partial charge in [-0.2, -0.15) is 5.26 Å². The molecule has 0 aliphatic heterocycles. The largest absolute Gasteiger partial charge is 0.367 e. The Morgan fingerprint density at radius 2 is 1.65 bits per heavy atom. The number of thiophene rings is 1. The molecular formula is C30H35NO2S. The molecule has 178 valence electrons. The van der Waals surface area contributed by atoms with Gasteiger partial charge in [0.25, 0.3) is 0 Å². The standard InChI is InChI=1S/C30H35NO2S/c1-6-18-32-29(4)15-13-27(2)20-22-21-11-7-8-12-23(21)34-26(22)28(3)14-16-30(5,25(29)24(27)28)33-19-10-9-17-31/h7-8,11-16H,6,9-10,18-20H2,1-5H3. The van der Waals surface area contributed by atoms with Crippen molar-refractivity contribution in [3.8, 4) is 6.07 Å². The molecule has 4 unspecified atom stereocenters. The van der Waals surface area contributed by atoms with Crippen LogP contribution in [0.1, 0.15) is 64.3 Å². The highest BCUT2D eigenvalue weighted by molar-refractivity contribution is 7.19. The molecule has 0 spiro atoms. The van der Waals surface area contributed by atoms with Gasteiger partial charge in [-0.05, 0) is 62.6 Å². The van der Waals surface area contributed by atoms with Gasteiger partial charge in [-0.25, -0.2) is 0 Å². The fourth-order valence-corrected chi connectivity index (χ4v) is 7.87. The lowest BCUT2D eigenvalue weighted by Gasteiger charge is -2.56. The van der Waals surface area contributed by atoms with E-state index < -0.39 is 11.2 Å². The van der Waals surface area contributed by atoms with E-state index in [1.807, 2.05) is 11.3 Å². The van der Waals surface area contributed by atoms with Crippen molar-refractivity contribution in [2.45, 2.75) is 76.9 Å². The molecule has 4 heteroatoms. The first-order valence-corrected chi connectivity index (χ1v) is 13.4. The van der Waals surface area contributed by atoms with Crippen molar-refractivity contribution in [2.75, 3.05) is 13.2 Å². The van der Waals surface area contributed by atoms with Crippen LogP contribution in [0.3, 0.4) is 0 Å². The summed E-state index contributed by atoms with van der Waals surface area (Å²) in [6.07, 6.45) is 12.6. The van der Waals surface area contributed by atoms with Crippen molar-refractivity contribution < 1.29 is 9.47 Å². The number of ether oxygens (including phenoxy) is 2. The Bertz CT molecular complexity index is 1260. The van der Waals surface area contributed by atoms with Gasteiger partial charge in [0, 0.05) is 45.6 Å². The van der Waals surface area contributed by atoms with Gasteiger partial charge in [-0.15, -0.1) is 11.3 Å². The second kappa shape index (κ2) is 8.19. The lowest BCUT2D eigenvalue weighted by atomic mass is 9.51.